The fraction of sp³-hybridized carbons (Fsp3) is 0.0952. The van der Waals surface area contributed by atoms with E-state index < -0.39 is 5.60 Å². The summed E-state index contributed by atoms with van der Waals surface area (Å²) in [6.45, 7) is 2.00. The average Bonchev–Trinajstić information content (AvgIpc) is 2.88. The van der Waals surface area contributed by atoms with Crippen molar-refractivity contribution in [3.63, 3.8) is 0 Å². The Morgan fingerprint density at radius 1 is 0.880 bits per heavy atom. The van der Waals surface area contributed by atoms with E-state index in [4.69, 9.17) is 15.2 Å². The van der Waals surface area contributed by atoms with E-state index in [9.17, 15) is 4.79 Å². The van der Waals surface area contributed by atoms with Crippen LogP contribution < -0.4 is 10.5 Å². The third kappa shape index (κ3) is 1.74. The standard InChI is InChI=1S/C21H15NO3/c1-12-6-8-16-18(10-12)24-19-11-13(22)7-9-17(19)21(16)15-5-3-2-4-14(15)20(23)25-21/h2-11H,22H2,1H3. The molecule has 3 aromatic carbocycles. The summed E-state index contributed by atoms with van der Waals surface area (Å²) in [5.41, 5.74) is 9.65. The van der Waals surface area contributed by atoms with E-state index in [1.54, 1.807) is 18.2 Å². The van der Waals surface area contributed by atoms with Gasteiger partial charge in [0.1, 0.15) is 11.5 Å². The average molecular weight is 329 g/mol. The number of nitrogen functional groups attached to an aromatic ring is 1. The quantitative estimate of drug-likeness (QED) is 0.497. The Morgan fingerprint density at radius 2 is 1.60 bits per heavy atom. The summed E-state index contributed by atoms with van der Waals surface area (Å²) >= 11 is 0. The maximum atomic E-state index is 12.6. The van der Waals surface area contributed by atoms with E-state index in [1.165, 1.54) is 0 Å². The van der Waals surface area contributed by atoms with Gasteiger partial charge < -0.3 is 15.2 Å². The minimum Gasteiger partial charge on any atom is -0.456 e. The highest BCUT2D eigenvalue weighted by Gasteiger charge is 2.53. The molecule has 1 spiro atoms. The number of rotatable bonds is 0. The molecular formula is C21H15NO3. The van der Waals surface area contributed by atoms with Crippen molar-refractivity contribution in [1.82, 2.24) is 0 Å². The lowest BCUT2D eigenvalue weighted by atomic mass is 9.77. The van der Waals surface area contributed by atoms with Crippen molar-refractivity contribution < 1.29 is 14.3 Å². The number of carbonyl (C=O) groups excluding carboxylic acids is 1. The minimum absolute atomic E-state index is 0.327. The molecular weight excluding hydrogens is 314 g/mol. The van der Waals surface area contributed by atoms with Crippen molar-refractivity contribution in [2.45, 2.75) is 12.5 Å². The van der Waals surface area contributed by atoms with E-state index in [0.29, 0.717) is 22.7 Å². The van der Waals surface area contributed by atoms with E-state index in [1.807, 2.05) is 49.4 Å². The molecule has 2 aliphatic heterocycles. The number of aryl methyl sites for hydroxylation is 1. The largest absolute Gasteiger partial charge is 0.456 e. The highest BCUT2D eigenvalue weighted by Crippen LogP contribution is 2.56. The van der Waals surface area contributed by atoms with Crippen LogP contribution in [0.4, 0.5) is 5.69 Å². The fourth-order valence-corrected chi connectivity index (χ4v) is 3.80. The molecule has 0 aliphatic carbocycles. The molecule has 3 aromatic rings. The molecule has 4 heteroatoms. The van der Waals surface area contributed by atoms with Crippen LogP contribution >= 0.6 is 0 Å². The molecule has 25 heavy (non-hydrogen) atoms. The fourth-order valence-electron chi connectivity index (χ4n) is 3.80. The summed E-state index contributed by atoms with van der Waals surface area (Å²) in [6, 6.07) is 18.9. The van der Waals surface area contributed by atoms with Gasteiger partial charge in [-0.15, -0.1) is 0 Å². The maximum Gasteiger partial charge on any atom is 0.340 e. The number of ether oxygens (including phenoxy) is 2. The number of nitrogens with two attached hydrogens (primary N) is 1. The lowest BCUT2D eigenvalue weighted by Gasteiger charge is -2.36. The molecule has 2 aliphatic rings. The monoisotopic (exact) mass is 329 g/mol. The lowest BCUT2D eigenvalue weighted by molar-refractivity contribution is 0.0224. The molecule has 1 atom stereocenters. The maximum absolute atomic E-state index is 12.6. The van der Waals surface area contributed by atoms with Crippen LogP contribution in [0.1, 0.15) is 32.6 Å². The van der Waals surface area contributed by atoms with E-state index in [2.05, 4.69) is 0 Å². The number of fused-ring (bicyclic) bond motifs is 6. The van der Waals surface area contributed by atoms with Crippen molar-refractivity contribution in [1.29, 1.82) is 0 Å². The van der Waals surface area contributed by atoms with Gasteiger partial charge in [0.15, 0.2) is 5.60 Å². The van der Waals surface area contributed by atoms with Gasteiger partial charge in [0.25, 0.3) is 0 Å². The number of hydrogen-bond donors (Lipinski definition) is 1. The first-order valence-electron chi connectivity index (χ1n) is 8.11. The van der Waals surface area contributed by atoms with Crippen LogP contribution in [0.25, 0.3) is 0 Å². The third-order valence-corrected chi connectivity index (χ3v) is 4.89. The van der Waals surface area contributed by atoms with Crippen molar-refractivity contribution in [3.05, 3.63) is 88.5 Å². The van der Waals surface area contributed by atoms with E-state index >= 15 is 0 Å². The molecule has 122 valence electrons. The predicted octanol–water partition coefficient (Wildman–Crippen LogP) is 4.15. The summed E-state index contributed by atoms with van der Waals surface area (Å²) in [6.07, 6.45) is 0. The highest BCUT2D eigenvalue weighted by atomic mass is 16.6. The van der Waals surface area contributed by atoms with Crippen LogP contribution in [-0.4, -0.2) is 5.97 Å². The highest BCUT2D eigenvalue weighted by molar-refractivity contribution is 5.97. The molecule has 5 rings (SSSR count). The predicted molar refractivity (Wildman–Crippen MR) is 93.8 cm³/mol. The molecule has 0 fully saturated rings. The van der Waals surface area contributed by atoms with Gasteiger partial charge in [-0.2, -0.15) is 0 Å². The van der Waals surface area contributed by atoms with Crippen LogP contribution in [0.2, 0.25) is 0 Å². The molecule has 4 nitrogen and oxygen atoms in total. The number of benzene rings is 3. The zero-order valence-corrected chi connectivity index (χ0v) is 13.6. The first-order chi connectivity index (χ1) is 12.1. The van der Waals surface area contributed by atoms with Gasteiger partial charge in [-0.05, 0) is 36.8 Å². The first kappa shape index (κ1) is 14.1. The van der Waals surface area contributed by atoms with Gasteiger partial charge >= 0.3 is 5.97 Å². The SMILES string of the molecule is Cc1ccc2c(c1)Oc1cc(N)ccc1C21OC(=O)c2ccccc21. The van der Waals surface area contributed by atoms with Gasteiger partial charge in [0.05, 0.1) is 5.56 Å². The topological polar surface area (TPSA) is 61.6 Å². The summed E-state index contributed by atoms with van der Waals surface area (Å²) in [7, 11) is 0. The summed E-state index contributed by atoms with van der Waals surface area (Å²) in [5.74, 6) is 0.969. The van der Waals surface area contributed by atoms with Crippen molar-refractivity contribution >= 4 is 11.7 Å². The summed E-state index contributed by atoms with van der Waals surface area (Å²) < 4.78 is 12.1. The Morgan fingerprint density at radius 3 is 2.44 bits per heavy atom. The second kappa shape index (κ2) is 4.63. The van der Waals surface area contributed by atoms with Gasteiger partial charge in [-0.3, -0.25) is 0 Å². The van der Waals surface area contributed by atoms with Crippen LogP contribution in [0, 0.1) is 6.92 Å². The normalized spacial score (nSPS) is 19.6. The second-order valence-corrected chi connectivity index (χ2v) is 6.47. The van der Waals surface area contributed by atoms with Crippen LogP contribution in [0.15, 0.2) is 60.7 Å². The van der Waals surface area contributed by atoms with Crippen molar-refractivity contribution in [3.8, 4) is 11.5 Å². The number of esters is 1. The van der Waals surface area contributed by atoms with Crippen LogP contribution in [0.3, 0.4) is 0 Å². The van der Waals surface area contributed by atoms with E-state index in [0.717, 1.165) is 22.3 Å². The molecule has 0 saturated heterocycles. The molecule has 0 aromatic heterocycles. The summed E-state index contributed by atoms with van der Waals surface area (Å²) in [5, 5.41) is 0. The molecule has 2 heterocycles. The molecule has 1 unspecified atom stereocenters. The first-order valence-corrected chi connectivity index (χ1v) is 8.11. The van der Waals surface area contributed by atoms with Crippen LogP contribution in [0.5, 0.6) is 11.5 Å². The second-order valence-electron chi connectivity index (χ2n) is 6.47. The number of anilines is 1. The molecule has 2 N–H and O–H groups in total. The molecule has 0 amide bonds. The number of hydrogen-bond acceptors (Lipinski definition) is 4. The smallest absolute Gasteiger partial charge is 0.340 e. The van der Waals surface area contributed by atoms with E-state index in [-0.39, 0.29) is 5.97 Å². The Bertz CT molecular complexity index is 1000. The minimum atomic E-state index is -1.00. The Balaban J connectivity index is 1.91. The lowest BCUT2D eigenvalue weighted by Crippen LogP contribution is -2.33. The number of carbonyl (C=O) groups is 1. The van der Waals surface area contributed by atoms with Gasteiger partial charge in [0, 0.05) is 28.4 Å². The Labute approximate surface area is 144 Å². The summed E-state index contributed by atoms with van der Waals surface area (Å²) in [4.78, 5) is 12.6. The van der Waals surface area contributed by atoms with Gasteiger partial charge in [-0.25, -0.2) is 4.79 Å². The van der Waals surface area contributed by atoms with Crippen LogP contribution in [-0.2, 0) is 10.3 Å². The molecule has 0 radical (unpaired) electrons. The van der Waals surface area contributed by atoms with Gasteiger partial charge in [-0.1, -0.05) is 30.3 Å². The third-order valence-electron chi connectivity index (χ3n) is 4.89. The zero-order valence-electron chi connectivity index (χ0n) is 13.6. The Kier molecular flexibility index (Phi) is 2.61. The zero-order chi connectivity index (χ0) is 17.2. The molecule has 0 saturated carbocycles. The Hall–Kier alpha value is -3.27. The van der Waals surface area contributed by atoms with Crippen molar-refractivity contribution in [2.24, 2.45) is 0 Å². The van der Waals surface area contributed by atoms with Crippen molar-refractivity contribution in [2.75, 3.05) is 5.73 Å². The molecule has 0 bridgehead atoms. The van der Waals surface area contributed by atoms with Gasteiger partial charge in [0.2, 0.25) is 0 Å².